The van der Waals surface area contributed by atoms with Crippen LogP contribution >= 0.6 is 23.1 Å². The Hall–Kier alpha value is -2.65. The first kappa shape index (κ1) is 22.2. The van der Waals surface area contributed by atoms with E-state index in [1.807, 2.05) is 29.6 Å². The zero-order chi connectivity index (χ0) is 22.8. The molecular weight excluding hydrogens is 454 g/mol. The van der Waals surface area contributed by atoms with Gasteiger partial charge in [0.1, 0.15) is 5.75 Å². The van der Waals surface area contributed by atoms with E-state index in [4.69, 9.17) is 9.15 Å². The standard InChI is InChI=1S/C24H27N5O2S2/c1-15-7-4-5-8-19(15)29-21(17-10-12-18(30-3)13-11-17)25-28-24(29)33-16(2)22-26-27-23(31-22)20-9-6-14-32-20/h6,9-16,19H,4-5,7-8H2,1-3H3/t15-,16-,19-/m1/s1. The van der Waals surface area contributed by atoms with Crippen LogP contribution in [0.4, 0.5) is 0 Å². The molecular formula is C24H27N5O2S2. The predicted octanol–water partition coefficient (Wildman–Crippen LogP) is 6.67. The van der Waals surface area contributed by atoms with Gasteiger partial charge < -0.3 is 9.15 Å². The fourth-order valence-corrected chi connectivity index (χ4v) is 5.96. The van der Waals surface area contributed by atoms with E-state index >= 15 is 0 Å². The molecule has 0 N–H and O–H groups in total. The lowest BCUT2D eigenvalue weighted by Crippen LogP contribution is -2.22. The van der Waals surface area contributed by atoms with Crippen LogP contribution in [0.25, 0.3) is 22.2 Å². The summed E-state index contributed by atoms with van der Waals surface area (Å²) in [6.07, 6.45) is 4.86. The highest BCUT2D eigenvalue weighted by molar-refractivity contribution is 7.99. The molecule has 3 aromatic heterocycles. The van der Waals surface area contributed by atoms with Crippen molar-refractivity contribution in [2.24, 2.45) is 5.92 Å². The fourth-order valence-electron chi connectivity index (χ4n) is 4.38. The van der Waals surface area contributed by atoms with Crippen molar-refractivity contribution in [2.45, 2.75) is 56.0 Å². The van der Waals surface area contributed by atoms with Gasteiger partial charge in [-0.25, -0.2) is 0 Å². The first-order chi connectivity index (χ1) is 16.1. The maximum absolute atomic E-state index is 5.98. The Morgan fingerprint density at radius 3 is 2.64 bits per heavy atom. The summed E-state index contributed by atoms with van der Waals surface area (Å²) in [5.41, 5.74) is 1.04. The molecule has 0 spiro atoms. The van der Waals surface area contributed by atoms with Crippen LogP contribution in [0, 0.1) is 5.92 Å². The number of ether oxygens (including phenoxy) is 1. The SMILES string of the molecule is COc1ccc(-c2nnc(S[C@H](C)c3nnc(-c4cccs4)o3)n2[C@@H]2CCCC[C@H]2C)cc1. The molecule has 0 amide bonds. The van der Waals surface area contributed by atoms with Crippen molar-refractivity contribution >= 4 is 23.1 Å². The largest absolute Gasteiger partial charge is 0.497 e. The van der Waals surface area contributed by atoms with Crippen LogP contribution < -0.4 is 4.74 Å². The summed E-state index contributed by atoms with van der Waals surface area (Å²) in [5, 5.41) is 20.7. The number of hydrogen-bond donors (Lipinski definition) is 0. The molecule has 0 bridgehead atoms. The summed E-state index contributed by atoms with van der Waals surface area (Å²) in [6, 6.07) is 12.4. The Bertz CT molecular complexity index is 1190. The number of hydrogen-bond acceptors (Lipinski definition) is 8. The van der Waals surface area contributed by atoms with Crippen molar-refractivity contribution in [2.75, 3.05) is 7.11 Å². The molecule has 4 aromatic rings. The molecule has 33 heavy (non-hydrogen) atoms. The second kappa shape index (κ2) is 9.69. The molecule has 0 unspecified atom stereocenters. The zero-order valence-electron chi connectivity index (χ0n) is 19.0. The highest BCUT2D eigenvalue weighted by Crippen LogP contribution is 2.42. The number of nitrogens with zero attached hydrogens (tertiary/aromatic N) is 5. The quantitative estimate of drug-likeness (QED) is 0.273. The lowest BCUT2D eigenvalue weighted by Gasteiger charge is -2.31. The first-order valence-electron chi connectivity index (χ1n) is 11.3. The number of aromatic nitrogens is 5. The molecule has 172 valence electrons. The minimum Gasteiger partial charge on any atom is -0.497 e. The van der Waals surface area contributed by atoms with Crippen molar-refractivity contribution in [1.82, 2.24) is 25.0 Å². The molecule has 1 aliphatic rings. The van der Waals surface area contributed by atoms with Gasteiger partial charge in [0.05, 0.1) is 17.2 Å². The Morgan fingerprint density at radius 1 is 1.09 bits per heavy atom. The third kappa shape index (κ3) is 4.56. The first-order valence-corrected chi connectivity index (χ1v) is 13.0. The van der Waals surface area contributed by atoms with Gasteiger partial charge in [-0.05, 0) is 61.4 Å². The van der Waals surface area contributed by atoms with E-state index < -0.39 is 0 Å². The summed E-state index contributed by atoms with van der Waals surface area (Å²) < 4.78 is 13.7. The van der Waals surface area contributed by atoms with Crippen molar-refractivity contribution in [1.29, 1.82) is 0 Å². The minimum absolute atomic E-state index is 0.0447. The molecule has 1 aliphatic carbocycles. The number of rotatable bonds is 7. The van der Waals surface area contributed by atoms with Crippen LogP contribution in [-0.4, -0.2) is 32.1 Å². The molecule has 0 aliphatic heterocycles. The van der Waals surface area contributed by atoms with Crippen LogP contribution in [0.3, 0.4) is 0 Å². The highest BCUT2D eigenvalue weighted by Gasteiger charge is 2.30. The Balaban J connectivity index is 1.47. The van der Waals surface area contributed by atoms with Crippen LogP contribution in [0.15, 0.2) is 51.4 Å². The summed E-state index contributed by atoms with van der Waals surface area (Å²) in [7, 11) is 1.68. The molecule has 5 rings (SSSR count). The fraction of sp³-hybridized carbons (Fsp3) is 0.417. The number of methoxy groups -OCH3 is 1. The molecule has 0 saturated heterocycles. The van der Waals surface area contributed by atoms with Crippen molar-refractivity contribution in [3.05, 3.63) is 47.7 Å². The average molecular weight is 482 g/mol. The Morgan fingerprint density at radius 2 is 1.91 bits per heavy atom. The van der Waals surface area contributed by atoms with E-state index in [-0.39, 0.29) is 5.25 Å². The Kier molecular flexibility index (Phi) is 6.50. The van der Waals surface area contributed by atoms with E-state index in [9.17, 15) is 0 Å². The van der Waals surface area contributed by atoms with Gasteiger partial charge in [0.2, 0.25) is 5.89 Å². The second-order valence-electron chi connectivity index (χ2n) is 8.42. The van der Waals surface area contributed by atoms with Gasteiger partial charge in [-0.3, -0.25) is 4.57 Å². The van der Waals surface area contributed by atoms with E-state index in [1.165, 1.54) is 19.3 Å². The number of thiophene rings is 1. The molecule has 7 nitrogen and oxygen atoms in total. The van der Waals surface area contributed by atoms with E-state index in [0.29, 0.717) is 23.7 Å². The van der Waals surface area contributed by atoms with Crippen LogP contribution in [-0.2, 0) is 0 Å². The van der Waals surface area contributed by atoms with Gasteiger partial charge in [-0.2, -0.15) is 0 Å². The van der Waals surface area contributed by atoms with Crippen molar-refractivity contribution < 1.29 is 9.15 Å². The number of thioether (sulfide) groups is 1. The predicted molar refractivity (Wildman–Crippen MR) is 131 cm³/mol. The zero-order valence-corrected chi connectivity index (χ0v) is 20.6. The van der Waals surface area contributed by atoms with E-state index in [1.54, 1.807) is 30.2 Å². The molecule has 1 saturated carbocycles. The molecule has 0 radical (unpaired) electrons. The van der Waals surface area contributed by atoms with Crippen molar-refractivity contribution in [3.8, 4) is 27.9 Å². The number of benzene rings is 1. The molecule has 3 atom stereocenters. The lowest BCUT2D eigenvalue weighted by atomic mass is 9.85. The summed E-state index contributed by atoms with van der Waals surface area (Å²) in [5.74, 6) is 3.46. The smallest absolute Gasteiger partial charge is 0.257 e. The van der Waals surface area contributed by atoms with Gasteiger partial charge in [-0.1, -0.05) is 37.6 Å². The van der Waals surface area contributed by atoms with Crippen molar-refractivity contribution in [3.63, 3.8) is 0 Å². The van der Waals surface area contributed by atoms with Gasteiger partial charge >= 0.3 is 0 Å². The van der Waals surface area contributed by atoms with E-state index in [0.717, 1.165) is 33.6 Å². The molecule has 1 fully saturated rings. The minimum atomic E-state index is -0.0447. The van der Waals surface area contributed by atoms with Gasteiger partial charge in [0.15, 0.2) is 11.0 Å². The summed E-state index contributed by atoms with van der Waals surface area (Å²) in [6.45, 7) is 4.41. The van der Waals surface area contributed by atoms with E-state index in [2.05, 4.69) is 50.9 Å². The van der Waals surface area contributed by atoms with Crippen LogP contribution in [0.1, 0.15) is 56.7 Å². The van der Waals surface area contributed by atoms with Crippen LogP contribution in [0.2, 0.25) is 0 Å². The molecule has 1 aromatic carbocycles. The van der Waals surface area contributed by atoms with Gasteiger partial charge in [0.25, 0.3) is 5.89 Å². The molecule has 3 heterocycles. The molecule has 9 heteroatoms. The topological polar surface area (TPSA) is 78.9 Å². The average Bonchev–Trinajstić information content (AvgIpc) is 3.60. The second-order valence-corrected chi connectivity index (χ2v) is 10.7. The Labute approximate surface area is 201 Å². The van der Waals surface area contributed by atoms with Gasteiger partial charge in [0, 0.05) is 11.6 Å². The van der Waals surface area contributed by atoms with Crippen LogP contribution in [0.5, 0.6) is 5.75 Å². The summed E-state index contributed by atoms with van der Waals surface area (Å²) in [4.78, 5) is 0.979. The maximum Gasteiger partial charge on any atom is 0.257 e. The lowest BCUT2D eigenvalue weighted by molar-refractivity contribution is 0.247. The third-order valence-corrected chi connectivity index (χ3v) is 8.12. The summed E-state index contributed by atoms with van der Waals surface area (Å²) >= 11 is 3.22. The monoisotopic (exact) mass is 481 g/mol. The third-order valence-electron chi connectivity index (χ3n) is 6.21. The normalized spacial score (nSPS) is 19.5. The highest BCUT2D eigenvalue weighted by atomic mass is 32.2. The maximum atomic E-state index is 5.98. The van der Waals surface area contributed by atoms with Gasteiger partial charge in [-0.15, -0.1) is 31.7 Å².